The number of benzene rings is 2. The summed E-state index contributed by atoms with van der Waals surface area (Å²) in [5, 5.41) is 11.7. The molecule has 0 spiro atoms. The maximum Gasteiger partial charge on any atom is 0.414 e. The zero-order valence-corrected chi connectivity index (χ0v) is 14.7. The van der Waals surface area contributed by atoms with Crippen LogP contribution >= 0.6 is 0 Å². The molecular formula is C19H19N5O3. The molecule has 0 unspecified atom stereocenters. The van der Waals surface area contributed by atoms with Gasteiger partial charge in [-0.3, -0.25) is 15.8 Å². The molecule has 1 aliphatic rings. The normalized spacial score (nSPS) is 14.1. The third-order valence-corrected chi connectivity index (χ3v) is 4.10. The molecule has 3 N–H and O–H groups in total. The average molecular weight is 365 g/mol. The topological polar surface area (TPSA) is 106 Å². The fraction of sp³-hybridized carbons (Fsp3) is 0.211. The lowest BCUT2D eigenvalue weighted by molar-refractivity contribution is 0.181. The van der Waals surface area contributed by atoms with E-state index in [0.717, 1.165) is 11.3 Å². The van der Waals surface area contributed by atoms with Crippen molar-refractivity contribution in [2.24, 2.45) is 0 Å². The molecular weight excluding hydrogens is 346 g/mol. The Hall–Kier alpha value is -3.73. The van der Waals surface area contributed by atoms with Gasteiger partial charge in [-0.1, -0.05) is 18.2 Å². The van der Waals surface area contributed by atoms with Gasteiger partial charge in [0.25, 0.3) is 0 Å². The van der Waals surface area contributed by atoms with Crippen LogP contribution in [0.3, 0.4) is 0 Å². The molecule has 3 amide bonds. The van der Waals surface area contributed by atoms with E-state index in [1.54, 1.807) is 29.2 Å². The number of hydrogen-bond acceptors (Lipinski definition) is 5. The van der Waals surface area contributed by atoms with Gasteiger partial charge < -0.3 is 10.1 Å². The SMILES string of the molecule is C[C@@H](NC(=O)NNc1cccc(C#N)c1)c1cccc(N2CCOC2=O)c1. The van der Waals surface area contributed by atoms with Crippen molar-refractivity contribution in [3.05, 3.63) is 59.7 Å². The first-order chi connectivity index (χ1) is 13.1. The minimum absolute atomic E-state index is 0.282. The third-order valence-electron chi connectivity index (χ3n) is 4.10. The molecule has 0 aliphatic carbocycles. The van der Waals surface area contributed by atoms with Gasteiger partial charge >= 0.3 is 12.1 Å². The largest absolute Gasteiger partial charge is 0.447 e. The maximum atomic E-state index is 12.1. The molecule has 8 nitrogen and oxygen atoms in total. The van der Waals surface area contributed by atoms with Crippen molar-refractivity contribution in [3.63, 3.8) is 0 Å². The molecule has 0 bridgehead atoms. The molecule has 1 aliphatic heterocycles. The van der Waals surface area contributed by atoms with E-state index < -0.39 is 6.03 Å². The predicted molar refractivity (Wildman–Crippen MR) is 100.0 cm³/mol. The second-order valence-electron chi connectivity index (χ2n) is 6.00. The number of nitrogens with one attached hydrogen (secondary N) is 3. The van der Waals surface area contributed by atoms with E-state index in [-0.39, 0.29) is 12.1 Å². The van der Waals surface area contributed by atoms with Gasteiger partial charge in [0.15, 0.2) is 0 Å². The summed E-state index contributed by atoms with van der Waals surface area (Å²) >= 11 is 0. The molecule has 1 saturated heterocycles. The van der Waals surface area contributed by atoms with E-state index in [9.17, 15) is 9.59 Å². The fourth-order valence-electron chi connectivity index (χ4n) is 2.70. The lowest BCUT2D eigenvalue weighted by atomic mass is 10.1. The predicted octanol–water partition coefficient (Wildman–Crippen LogP) is 2.90. The second kappa shape index (κ2) is 8.10. The Labute approximate surface area is 156 Å². The van der Waals surface area contributed by atoms with Gasteiger partial charge in [-0.2, -0.15) is 5.26 Å². The number of amides is 3. The van der Waals surface area contributed by atoms with E-state index in [1.807, 2.05) is 37.3 Å². The summed E-state index contributed by atoms with van der Waals surface area (Å²) in [7, 11) is 0. The molecule has 138 valence electrons. The maximum absolute atomic E-state index is 12.1. The molecule has 0 aromatic heterocycles. The number of cyclic esters (lactones) is 1. The summed E-state index contributed by atoms with van der Waals surface area (Å²) in [5.74, 6) is 0. The third kappa shape index (κ3) is 4.46. The first-order valence-corrected chi connectivity index (χ1v) is 8.44. The van der Waals surface area contributed by atoms with Gasteiger partial charge in [-0.25, -0.2) is 9.59 Å². The van der Waals surface area contributed by atoms with Crippen LogP contribution in [-0.2, 0) is 4.74 Å². The van der Waals surface area contributed by atoms with Gasteiger partial charge in [-0.05, 0) is 42.8 Å². The number of carbonyl (C=O) groups excluding carboxylic acids is 2. The number of hydrogen-bond donors (Lipinski definition) is 3. The van der Waals surface area contributed by atoms with E-state index in [2.05, 4.69) is 16.2 Å². The van der Waals surface area contributed by atoms with Crippen LogP contribution in [0.5, 0.6) is 0 Å². The van der Waals surface area contributed by atoms with E-state index in [0.29, 0.717) is 24.4 Å². The molecule has 0 saturated carbocycles. The van der Waals surface area contributed by atoms with Gasteiger partial charge in [-0.15, -0.1) is 0 Å². The van der Waals surface area contributed by atoms with E-state index >= 15 is 0 Å². The summed E-state index contributed by atoms with van der Waals surface area (Å²) < 4.78 is 4.95. The molecule has 3 rings (SSSR count). The van der Waals surface area contributed by atoms with Crippen LogP contribution in [-0.4, -0.2) is 25.3 Å². The van der Waals surface area contributed by atoms with Crippen LogP contribution in [0.2, 0.25) is 0 Å². The number of ether oxygens (including phenoxy) is 1. The van der Waals surface area contributed by atoms with Gasteiger partial charge in [0.1, 0.15) is 6.61 Å². The zero-order valence-electron chi connectivity index (χ0n) is 14.7. The van der Waals surface area contributed by atoms with Crippen molar-refractivity contribution in [2.45, 2.75) is 13.0 Å². The van der Waals surface area contributed by atoms with Crippen LogP contribution in [0.15, 0.2) is 48.5 Å². The van der Waals surface area contributed by atoms with Gasteiger partial charge in [0.05, 0.1) is 29.9 Å². The highest BCUT2D eigenvalue weighted by Gasteiger charge is 2.24. The number of nitrogens with zero attached hydrogens (tertiary/aromatic N) is 2. The highest BCUT2D eigenvalue weighted by atomic mass is 16.6. The number of carbonyl (C=O) groups is 2. The minimum atomic E-state index is -0.421. The summed E-state index contributed by atoms with van der Waals surface area (Å²) in [6.45, 7) is 2.73. The molecule has 27 heavy (non-hydrogen) atoms. The Kier molecular flexibility index (Phi) is 5.42. The summed E-state index contributed by atoms with van der Waals surface area (Å²) in [6, 6.07) is 15.5. The van der Waals surface area contributed by atoms with Crippen LogP contribution in [0.1, 0.15) is 24.1 Å². The van der Waals surface area contributed by atoms with Crippen LogP contribution < -0.4 is 21.1 Å². The van der Waals surface area contributed by atoms with Crippen LogP contribution in [0, 0.1) is 11.3 Å². The molecule has 1 atom stereocenters. The average Bonchev–Trinajstić information content (AvgIpc) is 3.12. The van der Waals surface area contributed by atoms with Crippen molar-refractivity contribution < 1.29 is 14.3 Å². The lowest BCUT2D eigenvalue weighted by Gasteiger charge is -2.18. The van der Waals surface area contributed by atoms with E-state index in [4.69, 9.17) is 10.00 Å². The first-order valence-electron chi connectivity index (χ1n) is 8.44. The molecule has 1 heterocycles. The van der Waals surface area contributed by atoms with Crippen molar-refractivity contribution in [2.75, 3.05) is 23.5 Å². The Morgan fingerprint density at radius 3 is 2.81 bits per heavy atom. The minimum Gasteiger partial charge on any atom is -0.447 e. The van der Waals surface area contributed by atoms with Crippen molar-refractivity contribution in [3.8, 4) is 6.07 Å². The van der Waals surface area contributed by atoms with Crippen molar-refractivity contribution >= 4 is 23.5 Å². The van der Waals surface area contributed by atoms with Gasteiger partial charge in [0.2, 0.25) is 0 Å². The quantitative estimate of drug-likeness (QED) is 0.707. The Morgan fingerprint density at radius 1 is 1.26 bits per heavy atom. The fourth-order valence-corrected chi connectivity index (χ4v) is 2.70. The molecule has 0 radical (unpaired) electrons. The van der Waals surface area contributed by atoms with Gasteiger partial charge in [0, 0.05) is 5.69 Å². The standard InChI is InChI=1S/C19H19N5O3/c1-13(15-5-3-7-17(11-15)24-8-9-27-19(24)26)21-18(25)23-22-16-6-2-4-14(10-16)12-20/h2-7,10-11,13,22H,8-9H2,1H3,(H2,21,23,25)/t13-/m1/s1. The molecule has 1 fully saturated rings. The summed E-state index contributed by atoms with van der Waals surface area (Å²) in [5.41, 5.74) is 7.97. The summed E-state index contributed by atoms with van der Waals surface area (Å²) in [6.07, 6.45) is -0.366. The van der Waals surface area contributed by atoms with E-state index in [1.165, 1.54) is 0 Å². The smallest absolute Gasteiger partial charge is 0.414 e. The lowest BCUT2D eigenvalue weighted by Crippen LogP contribution is -2.40. The van der Waals surface area contributed by atoms with Crippen LogP contribution in [0.4, 0.5) is 21.0 Å². The molecule has 8 heteroatoms. The second-order valence-corrected chi connectivity index (χ2v) is 6.00. The zero-order chi connectivity index (χ0) is 19.2. The monoisotopic (exact) mass is 365 g/mol. The molecule has 2 aromatic rings. The molecule has 2 aromatic carbocycles. The van der Waals surface area contributed by atoms with Crippen molar-refractivity contribution in [1.82, 2.24) is 10.7 Å². The number of anilines is 2. The number of hydrazine groups is 1. The Morgan fingerprint density at radius 2 is 2.07 bits per heavy atom. The number of nitriles is 1. The number of rotatable bonds is 5. The van der Waals surface area contributed by atoms with Crippen LogP contribution in [0.25, 0.3) is 0 Å². The number of urea groups is 1. The highest BCUT2D eigenvalue weighted by Crippen LogP contribution is 2.23. The first kappa shape index (κ1) is 18.1. The Bertz CT molecular complexity index is 893. The highest BCUT2D eigenvalue weighted by molar-refractivity contribution is 5.89. The van der Waals surface area contributed by atoms with Crippen molar-refractivity contribution in [1.29, 1.82) is 5.26 Å². The summed E-state index contributed by atoms with van der Waals surface area (Å²) in [4.78, 5) is 25.4. The Balaban J connectivity index is 1.58.